The quantitative estimate of drug-likeness (QED) is 0.705. The van der Waals surface area contributed by atoms with Crippen LogP contribution in [0.15, 0.2) is 42.1 Å². The molecule has 1 aliphatic carbocycles. The highest BCUT2D eigenvalue weighted by molar-refractivity contribution is 5.73. The maximum absolute atomic E-state index is 4.38. The van der Waals surface area contributed by atoms with Crippen molar-refractivity contribution in [1.82, 2.24) is 4.98 Å². The lowest BCUT2D eigenvalue weighted by Crippen LogP contribution is -1.99. The summed E-state index contributed by atoms with van der Waals surface area (Å²) in [5, 5.41) is 0. The second kappa shape index (κ2) is 4.43. The van der Waals surface area contributed by atoms with Gasteiger partial charge in [-0.3, -0.25) is 4.98 Å². The van der Waals surface area contributed by atoms with E-state index < -0.39 is 0 Å². The van der Waals surface area contributed by atoms with Crippen LogP contribution < -0.4 is 0 Å². The van der Waals surface area contributed by atoms with Crippen LogP contribution in [0, 0.1) is 5.92 Å². The van der Waals surface area contributed by atoms with Gasteiger partial charge in [0.1, 0.15) is 0 Å². The fourth-order valence-corrected chi connectivity index (χ4v) is 1.89. The highest BCUT2D eigenvalue weighted by Gasteiger charge is 2.10. The third-order valence-electron chi connectivity index (χ3n) is 2.84. The second-order valence-electron chi connectivity index (χ2n) is 4.29. The molecule has 1 aliphatic rings. The zero-order valence-electron chi connectivity index (χ0n) is 9.40. The monoisotopic (exact) mass is 199 g/mol. The summed E-state index contributed by atoms with van der Waals surface area (Å²) in [6.07, 6.45) is 8.79. The number of pyridine rings is 1. The van der Waals surface area contributed by atoms with Crippen LogP contribution in [0.3, 0.4) is 0 Å². The van der Waals surface area contributed by atoms with E-state index in [1.54, 1.807) is 0 Å². The topological polar surface area (TPSA) is 12.9 Å². The summed E-state index contributed by atoms with van der Waals surface area (Å²) in [4.78, 5) is 4.38. The summed E-state index contributed by atoms with van der Waals surface area (Å²) < 4.78 is 0. The summed E-state index contributed by atoms with van der Waals surface area (Å²) in [5.74, 6) is 0.650. The van der Waals surface area contributed by atoms with Crippen LogP contribution in [-0.2, 0) is 0 Å². The standard InChI is InChI=1S/C14H17N/c1-11(2)12-6-5-7-13(10-12)14-8-3-4-9-15-14/h3-4,7-11H,5-6H2,1-2H3. The van der Waals surface area contributed by atoms with Gasteiger partial charge in [0, 0.05) is 6.20 Å². The van der Waals surface area contributed by atoms with Crippen molar-refractivity contribution in [3.8, 4) is 0 Å². The van der Waals surface area contributed by atoms with Gasteiger partial charge in [0.05, 0.1) is 5.69 Å². The third-order valence-corrected chi connectivity index (χ3v) is 2.84. The lowest BCUT2D eigenvalue weighted by molar-refractivity contribution is 0.711. The van der Waals surface area contributed by atoms with Crippen LogP contribution in [0.2, 0.25) is 0 Å². The first-order valence-electron chi connectivity index (χ1n) is 5.59. The summed E-state index contributed by atoms with van der Waals surface area (Å²) in [6, 6.07) is 6.08. The molecule has 0 N–H and O–H groups in total. The number of hydrogen-bond donors (Lipinski definition) is 0. The Kier molecular flexibility index (Phi) is 3.00. The molecule has 1 aromatic heterocycles. The first-order valence-corrected chi connectivity index (χ1v) is 5.59. The van der Waals surface area contributed by atoms with Gasteiger partial charge in [0.2, 0.25) is 0 Å². The molecule has 0 fully saturated rings. The lowest BCUT2D eigenvalue weighted by Gasteiger charge is -2.16. The van der Waals surface area contributed by atoms with E-state index in [0.29, 0.717) is 5.92 Å². The van der Waals surface area contributed by atoms with Gasteiger partial charge in [-0.2, -0.15) is 0 Å². The van der Waals surface area contributed by atoms with Crippen molar-refractivity contribution in [3.05, 3.63) is 47.8 Å². The summed E-state index contributed by atoms with van der Waals surface area (Å²) in [7, 11) is 0. The number of allylic oxidation sites excluding steroid dienone is 4. The molecule has 0 aromatic carbocycles. The normalized spacial score (nSPS) is 16.2. The number of rotatable bonds is 2. The lowest BCUT2D eigenvalue weighted by atomic mass is 9.90. The summed E-state index contributed by atoms with van der Waals surface area (Å²) in [5.41, 5.74) is 3.92. The molecule has 0 spiro atoms. The highest BCUT2D eigenvalue weighted by Crippen LogP contribution is 2.27. The molecule has 0 aliphatic heterocycles. The summed E-state index contributed by atoms with van der Waals surface area (Å²) in [6.45, 7) is 4.51. The Morgan fingerprint density at radius 2 is 2.13 bits per heavy atom. The zero-order valence-corrected chi connectivity index (χ0v) is 9.40. The molecule has 0 bridgehead atoms. The molecule has 0 saturated carbocycles. The van der Waals surface area contributed by atoms with E-state index in [1.807, 2.05) is 18.3 Å². The van der Waals surface area contributed by atoms with Crippen LogP contribution in [0.1, 0.15) is 32.4 Å². The van der Waals surface area contributed by atoms with E-state index in [0.717, 1.165) is 12.1 Å². The Bertz CT molecular complexity index is 385. The fourth-order valence-electron chi connectivity index (χ4n) is 1.89. The van der Waals surface area contributed by atoms with Crippen molar-refractivity contribution in [3.63, 3.8) is 0 Å². The Morgan fingerprint density at radius 1 is 1.27 bits per heavy atom. The second-order valence-corrected chi connectivity index (χ2v) is 4.29. The average Bonchev–Trinajstić information content (AvgIpc) is 2.30. The van der Waals surface area contributed by atoms with Crippen LogP contribution in [0.25, 0.3) is 5.57 Å². The van der Waals surface area contributed by atoms with E-state index in [-0.39, 0.29) is 0 Å². The molecule has 15 heavy (non-hydrogen) atoms. The van der Waals surface area contributed by atoms with E-state index in [9.17, 15) is 0 Å². The van der Waals surface area contributed by atoms with Gasteiger partial charge < -0.3 is 0 Å². The third kappa shape index (κ3) is 2.35. The van der Waals surface area contributed by atoms with Crippen LogP contribution in [0.5, 0.6) is 0 Å². The molecular formula is C14H17N. The van der Waals surface area contributed by atoms with Crippen LogP contribution in [-0.4, -0.2) is 4.98 Å². The number of aromatic nitrogens is 1. The van der Waals surface area contributed by atoms with E-state index in [2.05, 4.69) is 37.0 Å². The fraction of sp³-hybridized carbons (Fsp3) is 0.357. The molecule has 1 heterocycles. The first kappa shape index (κ1) is 10.2. The van der Waals surface area contributed by atoms with Crippen molar-refractivity contribution in [2.24, 2.45) is 5.92 Å². The van der Waals surface area contributed by atoms with Crippen molar-refractivity contribution in [2.75, 3.05) is 0 Å². The van der Waals surface area contributed by atoms with E-state index in [4.69, 9.17) is 0 Å². The molecular weight excluding hydrogens is 182 g/mol. The van der Waals surface area contributed by atoms with Gasteiger partial charge in [-0.15, -0.1) is 0 Å². The minimum Gasteiger partial charge on any atom is -0.256 e. The molecule has 1 heteroatoms. The average molecular weight is 199 g/mol. The van der Waals surface area contributed by atoms with E-state index >= 15 is 0 Å². The van der Waals surface area contributed by atoms with Gasteiger partial charge in [0.25, 0.3) is 0 Å². The van der Waals surface area contributed by atoms with Crippen molar-refractivity contribution >= 4 is 5.57 Å². The van der Waals surface area contributed by atoms with Gasteiger partial charge in [0.15, 0.2) is 0 Å². The molecule has 1 aromatic rings. The van der Waals surface area contributed by atoms with Gasteiger partial charge in [-0.05, 0) is 36.5 Å². The first-order chi connectivity index (χ1) is 7.27. The molecule has 0 radical (unpaired) electrons. The van der Waals surface area contributed by atoms with Gasteiger partial charge >= 0.3 is 0 Å². The predicted octanol–water partition coefficient (Wildman–Crippen LogP) is 3.84. The molecule has 0 atom stereocenters. The van der Waals surface area contributed by atoms with E-state index in [1.165, 1.54) is 17.6 Å². The van der Waals surface area contributed by atoms with Crippen molar-refractivity contribution < 1.29 is 0 Å². The Morgan fingerprint density at radius 3 is 2.80 bits per heavy atom. The van der Waals surface area contributed by atoms with Crippen LogP contribution >= 0.6 is 0 Å². The molecule has 2 rings (SSSR count). The largest absolute Gasteiger partial charge is 0.256 e. The number of nitrogens with zero attached hydrogens (tertiary/aromatic N) is 1. The number of hydrogen-bond acceptors (Lipinski definition) is 1. The Balaban J connectivity index is 2.28. The molecule has 0 unspecified atom stereocenters. The van der Waals surface area contributed by atoms with Crippen molar-refractivity contribution in [1.29, 1.82) is 0 Å². The minimum absolute atomic E-state index is 0.650. The molecule has 1 nitrogen and oxygen atoms in total. The van der Waals surface area contributed by atoms with Gasteiger partial charge in [-0.1, -0.05) is 37.6 Å². The molecule has 0 amide bonds. The SMILES string of the molecule is CC(C)C1=CC(c2ccccn2)=CCC1. The summed E-state index contributed by atoms with van der Waals surface area (Å²) >= 11 is 0. The molecule has 0 saturated heterocycles. The maximum Gasteiger partial charge on any atom is 0.0698 e. The minimum atomic E-state index is 0.650. The Labute approximate surface area is 91.6 Å². The van der Waals surface area contributed by atoms with Crippen LogP contribution in [0.4, 0.5) is 0 Å². The Hall–Kier alpha value is -1.37. The van der Waals surface area contributed by atoms with Crippen molar-refractivity contribution in [2.45, 2.75) is 26.7 Å². The maximum atomic E-state index is 4.38. The van der Waals surface area contributed by atoms with Gasteiger partial charge in [-0.25, -0.2) is 0 Å². The zero-order chi connectivity index (χ0) is 10.7. The molecule has 78 valence electrons. The predicted molar refractivity (Wildman–Crippen MR) is 64.4 cm³/mol. The highest BCUT2D eigenvalue weighted by atomic mass is 14.7. The smallest absolute Gasteiger partial charge is 0.0698 e.